The predicted molar refractivity (Wildman–Crippen MR) is 81.6 cm³/mol. The summed E-state index contributed by atoms with van der Waals surface area (Å²) >= 11 is 5.90. The third-order valence-corrected chi connectivity index (χ3v) is 6.03. The second-order valence-corrected chi connectivity index (χ2v) is 7.82. The molecule has 1 aliphatic rings. The van der Waals surface area contributed by atoms with Crippen LogP contribution in [0.1, 0.15) is 12.8 Å². The van der Waals surface area contributed by atoms with Crippen LogP contribution in [0.2, 0.25) is 5.02 Å². The highest BCUT2D eigenvalue weighted by Gasteiger charge is 2.34. The fraction of sp³-hybridized carbons (Fsp3) is 0.500. The van der Waals surface area contributed by atoms with E-state index in [1.165, 1.54) is 15.3 Å². The van der Waals surface area contributed by atoms with Gasteiger partial charge in [0, 0.05) is 27.2 Å². The van der Waals surface area contributed by atoms with Crippen LogP contribution < -0.4 is 0 Å². The van der Waals surface area contributed by atoms with Crippen molar-refractivity contribution >= 4 is 27.5 Å². The number of nitrogens with zero attached hydrogens (tertiary/aromatic N) is 2. The molecule has 0 aliphatic carbocycles. The highest BCUT2D eigenvalue weighted by molar-refractivity contribution is 7.89. The Bertz CT molecular complexity index is 679. The molecule has 1 heterocycles. The zero-order valence-electron chi connectivity index (χ0n) is 12.4. The van der Waals surface area contributed by atoms with Gasteiger partial charge in [-0.3, -0.25) is 4.79 Å². The number of carbonyl (C=O) groups excluding carboxylic acids is 1. The Morgan fingerprint density at radius 2 is 2.09 bits per heavy atom. The molecule has 2 rings (SSSR count). The van der Waals surface area contributed by atoms with E-state index in [4.69, 9.17) is 11.6 Å². The van der Waals surface area contributed by atoms with Crippen LogP contribution >= 0.6 is 11.6 Å². The lowest BCUT2D eigenvalue weighted by molar-refractivity contribution is -0.134. The fourth-order valence-corrected chi connectivity index (χ4v) is 4.55. The van der Waals surface area contributed by atoms with Gasteiger partial charge in [0.1, 0.15) is 10.7 Å². The van der Waals surface area contributed by atoms with Crippen molar-refractivity contribution in [3.05, 3.63) is 29.0 Å². The van der Waals surface area contributed by atoms with E-state index in [0.29, 0.717) is 19.4 Å². The van der Waals surface area contributed by atoms with Crippen molar-refractivity contribution in [1.29, 1.82) is 0 Å². The molecule has 0 spiro atoms. The first-order valence-corrected chi connectivity index (χ1v) is 8.71. The first kappa shape index (κ1) is 17.2. The first-order valence-electron chi connectivity index (χ1n) is 6.90. The summed E-state index contributed by atoms with van der Waals surface area (Å²) in [7, 11) is -0.640. The second-order valence-electron chi connectivity index (χ2n) is 5.51. The molecule has 1 fully saturated rings. The van der Waals surface area contributed by atoms with E-state index < -0.39 is 15.8 Å². The van der Waals surface area contributed by atoms with Crippen LogP contribution in [0.25, 0.3) is 0 Å². The summed E-state index contributed by atoms with van der Waals surface area (Å²) in [4.78, 5) is 13.2. The van der Waals surface area contributed by atoms with Crippen LogP contribution in [0.5, 0.6) is 0 Å². The minimum absolute atomic E-state index is 0.0255. The first-order chi connectivity index (χ1) is 10.2. The number of rotatable bonds is 3. The maximum absolute atomic E-state index is 13.4. The Balaban J connectivity index is 2.29. The molecule has 0 N–H and O–H groups in total. The standard InChI is InChI=1S/C14H18ClFN2O3S/c1-17(2)14(19)10-4-3-7-18(9-10)22(20,21)13-8-11(16)5-6-12(13)15/h5-6,8,10H,3-4,7,9H2,1-2H3. The molecule has 1 aromatic carbocycles. The molecule has 1 atom stereocenters. The second kappa shape index (κ2) is 6.52. The zero-order chi connectivity index (χ0) is 16.5. The van der Waals surface area contributed by atoms with E-state index >= 15 is 0 Å². The number of benzene rings is 1. The van der Waals surface area contributed by atoms with E-state index in [1.54, 1.807) is 14.1 Å². The largest absolute Gasteiger partial charge is 0.349 e. The van der Waals surface area contributed by atoms with E-state index in [-0.39, 0.29) is 28.3 Å². The molecule has 1 amide bonds. The fourth-order valence-electron chi connectivity index (χ4n) is 2.54. The number of amides is 1. The number of carbonyl (C=O) groups is 1. The average molecular weight is 349 g/mol. The van der Waals surface area contributed by atoms with E-state index in [9.17, 15) is 17.6 Å². The quantitative estimate of drug-likeness (QED) is 0.839. The summed E-state index contributed by atoms with van der Waals surface area (Å²) in [6.07, 6.45) is 1.22. The van der Waals surface area contributed by atoms with Gasteiger partial charge < -0.3 is 4.90 Å². The SMILES string of the molecule is CN(C)C(=O)C1CCCN(S(=O)(=O)c2cc(F)ccc2Cl)C1. The molecule has 0 saturated carbocycles. The van der Waals surface area contributed by atoms with Gasteiger partial charge in [-0.25, -0.2) is 12.8 Å². The van der Waals surface area contributed by atoms with E-state index in [0.717, 1.165) is 12.1 Å². The van der Waals surface area contributed by atoms with Gasteiger partial charge in [-0.2, -0.15) is 4.31 Å². The van der Waals surface area contributed by atoms with Crippen molar-refractivity contribution in [3.63, 3.8) is 0 Å². The van der Waals surface area contributed by atoms with Crippen LogP contribution in [0.3, 0.4) is 0 Å². The highest BCUT2D eigenvalue weighted by atomic mass is 35.5. The molecular weight excluding hydrogens is 331 g/mol. The number of sulfonamides is 1. The monoisotopic (exact) mass is 348 g/mol. The molecule has 0 aromatic heterocycles. The van der Waals surface area contributed by atoms with Gasteiger partial charge in [0.25, 0.3) is 0 Å². The molecule has 1 aromatic rings. The van der Waals surface area contributed by atoms with Crippen molar-refractivity contribution < 1.29 is 17.6 Å². The smallest absolute Gasteiger partial charge is 0.244 e. The lowest BCUT2D eigenvalue weighted by Crippen LogP contribution is -2.45. The van der Waals surface area contributed by atoms with E-state index in [2.05, 4.69) is 0 Å². The molecular formula is C14H18ClFN2O3S. The number of halogens is 2. The summed E-state index contributed by atoms with van der Waals surface area (Å²) in [6.45, 7) is 0.387. The third-order valence-electron chi connectivity index (χ3n) is 3.69. The molecule has 122 valence electrons. The van der Waals surface area contributed by atoms with Crippen molar-refractivity contribution in [1.82, 2.24) is 9.21 Å². The Hall–Kier alpha value is -1.18. The minimum atomic E-state index is -3.92. The molecule has 1 aliphatic heterocycles. The summed E-state index contributed by atoms with van der Waals surface area (Å²) in [5.41, 5.74) is 0. The predicted octanol–water partition coefficient (Wildman–Crippen LogP) is 1.97. The van der Waals surface area contributed by atoms with E-state index in [1.807, 2.05) is 0 Å². The number of hydrogen-bond donors (Lipinski definition) is 0. The van der Waals surface area contributed by atoms with Gasteiger partial charge in [-0.05, 0) is 31.0 Å². The topological polar surface area (TPSA) is 57.7 Å². The van der Waals surface area contributed by atoms with Crippen molar-refractivity contribution in [3.8, 4) is 0 Å². The van der Waals surface area contributed by atoms with Gasteiger partial charge in [-0.15, -0.1) is 0 Å². The highest BCUT2D eigenvalue weighted by Crippen LogP contribution is 2.29. The molecule has 1 saturated heterocycles. The van der Waals surface area contributed by atoms with Crippen LogP contribution in [0.4, 0.5) is 4.39 Å². The number of hydrogen-bond acceptors (Lipinski definition) is 3. The lowest BCUT2D eigenvalue weighted by Gasteiger charge is -2.32. The maximum Gasteiger partial charge on any atom is 0.244 e. The van der Waals surface area contributed by atoms with Gasteiger partial charge in [0.2, 0.25) is 15.9 Å². The maximum atomic E-state index is 13.4. The normalized spacial score (nSPS) is 19.9. The van der Waals surface area contributed by atoms with Crippen LogP contribution in [0, 0.1) is 11.7 Å². The Labute approximate surface area is 134 Å². The molecule has 0 radical (unpaired) electrons. The van der Waals surface area contributed by atoms with Crippen LogP contribution in [0.15, 0.2) is 23.1 Å². The Kier molecular flexibility index (Phi) is 5.09. The lowest BCUT2D eigenvalue weighted by atomic mass is 9.98. The van der Waals surface area contributed by atoms with Gasteiger partial charge >= 0.3 is 0 Å². The van der Waals surface area contributed by atoms with Gasteiger partial charge in [-0.1, -0.05) is 11.6 Å². The third kappa shape index (κ3) is 3.42. The average Bonchev–Trinajstić information content (AvgIpc) is 2.48. The van der Waals surface area contributed by atoms with Gasteiger partial charge in [0.15, 0.2) is 0 Å². The van der Waals surface area contributed by atoms with Gasteiger partial charge in [0.05, 0.1) is 10.9 Å². The summed E-state index contributed by atoms with van der Waals surface area (Å²) < 4.78 is 39.9. The van der Waals surface area contributed by atoms with Crippen LogP contribution in [-0.4, -0.2) is 50.7 Å². The summed E-state index contributed by atoms with van der Waals surface area (Å²) in [5, 5.41) is -0.0255. The molecule has 0 bridgehead atoms. The molecule has 1 unspecified atom stereocenters. The summed E-state index contributed by atoms with van der Waals surface area (Å²) in [5.74, 6) is -1.16. The van der Waals surface area contributed by atoms with Crippen molar-refractivity contribution in [2.24, 2.45) is 5.92 Å². The Morgan fingerprint density at radius 3 is 2.73 bits per heavy atom. The van der Waals surface area contributed by atoms with Crippen molar-refractivity contribution in [2.75, 3.05) is 27.2 Å². The Morgan fingerprint density at radius 1 is 1.41 bits per heavy atom. The zero-order valence-corrected chi connectivity index (χ0v) is 14.0. The molecule has 5 nitrogen and oxygen atoms in total. The molecule has 22 heavy (non-hydrogen) atoms. The minimum Gasteiger partial charge on any atom is -0.349 e. The summed E-state index contributed by atoms with van der Waals surface area (Å²) in [6, 6.07) is 3.24. The van der Waals surface area contributed by atoms with Crippen LogP contribution in [-0.2, 0) is 14.8 Å². The molecule has 8 heteroatoms. The number of piperidine rings is 1. The van der Waals surface area contributed by atoms with Crippen molar-refractivity contribution in [2.45, 2.75) is 17.7 Å².